The van der Waals surface area contributed by atoms with E-state index in [-0.39, 0.29) is 5.91 Å². The number of amides is 3. The van der Waals surface area contributed by atoms with Crippen molar-refractivity contribution in [1.29, 1.82) is 0 Å². The Balaban J connectivity index is 2.31. The van der Waals surface area contributed by atoms with Crippen molar-refractivity contribution < 1.29 is 9.59 Å². The standard InChI is InChI=1S/C9H7ClN2O2/c10-6-3-1-2-5(4-6)7-8(13)12-9(14)11-7/h1-4,7H,(H2,11,12,13,14)/t7-/m0/s1. The van der Waals surface area contributed by atoms with Gasteiger partial charge in [-0.15, -0.1) is 0 Å². The molecule has 2 N–H and O–H groups in total. The van der Waals surface area contributed by atoms with Gasteiger partial charge in [-0.25, -0.2) is 4.79 Å². The van der Waals surface area contributed by atoms with Crippen LogP contribution in [-0.4, -0.2) is 11.9 Å². The van der Waals surface area contributed by atoms with Crippen LogP contribution in [0.5, 0.6) is 0 Å². The Morgan fingerprint density at radius 3 is 2.64 bits per heavy atom. The van der Waals surface area contributed by atoms with Gasteiger partial charge in [-0.3, -0.25) is 10.1 Å². The Labute approximate surface area is 85.2 Å². The van der Waals surface area contributed by atoms with E-state index in [2.05, 4.69) is 10.6 Å². The van der Waals surface area contributed by atoms with Crippen LogP contribution in [0.2, 0.25) is 5.02 Å². The second-order valence-electron chi connectivity index (χ2n) is 2.95. The largest absolute Gasteiger partial charge is 0.322 e. The number of benzene rings is 1. The van der Waals surface area contributed by atoms with Gasteiger partial charge in [0.1, 0.15) is 6.04 Å². The molecule has 0 saturated carbocycles. The smallest absolute Gasteiger partial charge is 0.322 e. The summed E-state index contributed by atoms with van der Waals surface area (Å²) in [6.45, 7) is 0. The van der Waals surface area contributed by atoms with Crippen LogP contribution in [0.4, 0.5) is 4.79 Å². The average molecular weight is 211 g/mol. The molecular weight excluding hydrogens is 204 g/mol. The maximum Gasteiger partial charge on any atom is 0.322 e. The number of halogens is 1. The van der Waals surface area contributed by atoms with E-state index >= 15 is 0 Å². The summed E-state index contributed by atoms with van der Waals surface area (Å²) in [6, 6.07) is 5.73. The number of nitrogens with one attached hydrogen (secondary N) is 2. The van der Waals surface area contributed by atoms with E-state index in [9.17, 15) is 9.59 Å². The predicted octanol–water partition coefficient (Wildman–Crippen LogP) is 1.22. The van der Waals surface area contributed by atoms with Crippen LogP contribution in [0.1, 0.15) is 11.6 Å². The second-order valence-corrected chi connectivity index (χ2v) is 3.39. The van der Waals surface area contributed by atoms with Crippen LogP contribution in [0.3, 0.4) is 0 Å². The van der Waals surface area contributed by atoms with Crippen molar-refractivity contribution in [1.82, 2.24) is 10.6 Å². The first-order valence-corrected chi connectivity index (χ1v) is 4.41. The number of carbonyl (C=O) groups is 2. The van der Waals surface area contributed by atoms with Gasteiger partial charge >= 0.3 is 6.03 Å². The third-order valence-corrected chi connectivity index (χ3v) is 2.19. The first-order valence-electron chi connectivity index (χ1n) is 4.03. The van der Waals surface area contributed by atoms with Crippen molar-refractivity contribution in [2.45, 2.75) is 6.04 Å². The van der Waals surface area contributed by atoms with Crippen LogP contribution >= 0.6 is 11.6 Å². The van der Waals surface area contributed by atoms with Crippen LogP contribution in [0.25, 0.3) is 0 Å². The molecular formula is C9H7ClN2O2. The van der Waals surface area contributed by atoms with Gasteiger partial charge in [0.15, 0.2) is 0 Å². The summed E-state index contributed by atoms with van der Waals surface area (Å²) in [5.74, 6) is -0.350. The number of imide groups is 1. The van der Waals surface area contributed by atoms with Gasteiger partial charge in [0.2, 0.25) is 0 Å². The van der Waals surface area contributed by atoms with Crippen molar-refractivity contribution in [3.8, 4) is 0 Å². The Morgan fingerprint density at radius 1 is 1.29 bits per heavy atom. The zero-order valence-electron chi connectivity index (χ0n) is 7.08. The van der Waals surface area contributed by atoms with Gasteiger partial charge in [0.25, 0.3) is 5.91 Å². The highest BCUT2D eigenvalue weighted by molar-refractivity contribution is 6.30. The summed E-state index contributed by atoms with van der Waals surface area (Å²) >= 11 is 5.76. The molecule has 2 rings (SSSR count). The Kier molecular flexibility index (Phi) is 2.13. The average Bonchev–Trinajstić information content (AvgIpc) is 2.45. The molecule has 3 amide bonds. The molecule has 0 bridgehead atoms. The van der Waals surface area contributed by atoms with Crippen LogP contribution < -0.4 is 10.6 Å². The third kappa shape index (κ3) is 1.56. The minimum Gasteiger partial charge on any atom is -0.322 e. The van der Waals surface area contributed by atoms with Gasteiger partial charge in [0.05, 0.1) is 0 Å². The van der Waals surface area contributed by atoms with Gasteiger partial charge in [-0.1, -0.05) is 23.7 Å². The SMILES string of the molecule is O=C1NC(=O)[C@H](c2cccc(Cl)c2)N1. The summed E-state index contributed by atoms with van der Waals surface area (Å²) < 4.78 is 0. The van der Waals surface area contributed by atoms with Crippen LogP contribution in [0, 0.1) is 0 Å². The normalized spacial score (nSPS) is 20.5. The lowest BCUT2D eigenvalue weighted by Gasteiger charge is -2.06. The molecule has 1 aliphatic heterocycles. The molecule has 0 spiro atoms. The highest BCUT2D eigenvalue weighted by Crippen LogP contribution is 2.19. The predicted molar refractivity (Wildman–Crippen MR) is 50.9 cm³/mol. The molecule has 1 aliphatic rings. The van der Waals surface area contributed by atoms with Crippen molar-refractivity contribution in [2.24, 2.45) is 0 Å². The summed E-state index contributed by atoms with van der Waals surface area (Å²) in [6.07, 6.45) is 0. The van der Waals surface area contributed by atoms with Crippen LogP contribution in [0.15, 0.2) is 24.3 Å². The van der Waals surface area contributed by atoms with E-state index < -0.39 is 12.1 Å². The molecule has 0 radical (unpaired) electrons. The molecule has 0 unspecified atom stereocenters. The molecule has 1 heterocycles. The van der Waals surface area contributed by atoms with Crippen molar-refractivity contribution in [2.75, 3.05) is 0 Å². The van der Waals surface area contributed by atoms with Gasteiger partial charge in [-0.2, -0.15) is 0 Å². The maximum atomic E-state index is 11.3. The maximum absolute atomic E-state index is 11.3. The molecule has 1 aromatic carbocycles. The minimum absolute atomic E-state index is 0.350. The van der Waals surface area contributed by atoms with Gasteiger partial charge in [0, 0.05) is 5.02 Å². The Morgan fingerprint density at radius 2 is 2.07 bits per heavy atom. The number of rotatable bonds is 1. The monoisotopic (exact) mass is 210 g/mol. The van der Waals surface area contributed by atoms with Crippen molar-refractivity contribution in [3.63, 3.8) is 0 Å². The number of hydrogen-bond acceptors (Lipinski definition) is 2. The molecule has 14 heavy (non-hydrogen) atoms. The highest BCUT2D eigenvalue weighted by atomic mass is 35.5. The van der Waals surface area contributed by atoms with E-state index in [1.54, 1.807) is 24.3 Å². The number of carbonyl (C=O) groups excluding carboxylic acids is 2. The first kappa shape index (κ1) is 9.02. The second kappa shape index (κ2) is 3.31. The van der Waals surface area contributed by atoms with E-state index in [0.29, 0.717) is 10.6 Å². The van der Waals surface area contributed by atoms with Gasteiger partial charge < -0.3 is 5.32 Å². The molecule has 72 valence electrons. The Hall–Kier alpha value is -1.55. The fourth-order valence-electron chi connectivity index (χ4n) is 1.34. The molecule has 1 fully saturated rings. The fourth-order valence-corrected chi connectivity index (χ4v) is 1.54. The molecule has 4 nitrogen and oxygen atoms in total. The topological polar surface area (TPSA) is 58.2 Å². The minimum atomic E-state index is -0.624. The van der Waals surface area contributed by atoms with E-state index in [1.165, 1.54) is 0 Å². The van der Waals surface area contributed by atoms with Crippen LogP contribution in [-0.2, 0) is 4.79 Å². The van der Waals surface area contributed by atoms with E-state index in [1.807, 2.05) is 0 Å². The summed E-state index contributed by atoms with van der Waals surface area (Å²) in [5.41, 5.74) is 0.681. The molecule has 0 aliphatic carbocycles. The first-order chi connectivity index (χ1) is 6.66. The lowest BCUT2D eigenvalue weighted by molar-refractivity contribution is -0.120. The third-order valence-electron chi connectivity index (χ3n) is 1.96. The molecule has 1 saturated heterocycles. The zero-order valence-corrected chi connectivity index (χ0v) is 7.84. The molecule has 1 aromatic rings. The summed E-state index contributed by atoms with van der Waals surface area (Å²) in [5, 5.41) is 5.18. The van der Waals surface area contributed by atoms with Gasteiger partial charge in [-0.05, 0) is 17.7 Å². The summed E-state index contributed by atoms with van der Waals surface area (Å²) in [7, 11) is 0. The summed E-state index contributed by atoms with van der Waals surface area (Å²) in [4.78, 5) is 22.1. The number of hydrogen-bond donors (Lipinski definition) is 2. The van der Waals surface area contributed by atoms with Crippen molar-refractivity contribution >= 4 is 23.5 Å². The van der Waals surface area contributed by atoms with E-state index in [4.69, 9.17) is 11.6 Å². The molecule has 1 atom stereocenters. The number of urea groups is 1. The molecule has 0 aromatic heterocycles. The zero-order chi connectivity index (χ0) is 10.1. The van der Waals surface area contributed by atoms with Crippen molar-refractivity contribution in [3.05, 3.63) is 34.9 Å². The Bertz CT molecular complexity index is 406. The lowest BCUT2D eigenvalue weighted by atomic mass is 10.1. The molecule has 5 heteroatoms. The van der Waals surface area contributed by atoms with E-state index in [0.717, 1.165) is 0 Å². The lowest BCUT2D eigenvalue weighted by Crippen LogP contribution is -2.22. The quantitative estimate of drug-likeness (QED) is 0.685. The fraction of sp³-hybridized carbons (Fsp3) is 0.111. The highest BCUT2D eigenvalue weighted by Gasteiger charge is 2.30.